The van der Waals surface area contributed by atoms with Gasteiger partial charge >= 0.3 is 0 Å². The molecule has 0 saturated carbocycles. The van der Waals surface area contributed by atoms with E-state index in [0.717, 1.165) is 0 Å². The van der Waals surface area contributed by atoms with Crippen molar-refractivity contribution >= 4 is 17.4 Å². The van der Waals surface area contributed by atoms with Crippen LogP contribution in [0, 0.1) is 0 Å². The van der Waals surface area contributed by atoms with Gasteiger partial charge in [-0.2, -0.15) is 0 Å². The lowest BCUT2D eigenvalue weighted by Gasteiger charge is -2.13. The Morgan fingerprint density at radius 1 is 0.917 bits per heavy atom. The fraction of sp³-hybridized carbons (Fsp3) is 0.278. The van der Waals surface area contributed by atoms with Crippen molar-refractivity contribution in [2.24, 2.45) is 4.99 Å². The number of hydrogen-bond acceptors (Lipinski definition) is 5. The summed E-state index contributed by atoms with van der Waals surface area (Å²) in [5.41, 5.74) is 1.83. The topological polar surface area (TPSA) is 74.2 Å². The van der Waals surface area contributed by atoms with E-state index in [9.17, 15) is 9.59 Å². The number of carbonyl (C=O) groups is 2. The smallest absolute Gasteiger partial charge is 0.277 e. The summed E-state index contributed by atoms with van der Waals surface area (Å²) in [6.07, 6.45) is 3.18. The largest absolute Gasteiger partial charge is 0.493 e. The zero-order valence-electron chi connectivity index (χ0n) is 14.3. The molecule has 0 fully saturated rings. The van der Waals surface area contributed by atoms with Crippen molar-refractivity contribution in [3.05, 3.63) is 41.0 Å². The number of allylic oxidation sites excluding steroid dienone is 4. The molecule has 1 amide bonds. The molecule has 1 aliphatic rings. The second-order valence-electron chi connectivity index (χ2n) is 5.24. The lowest BCUT2D eigenvalue weighted by Crippen LogP contribution is -2.12. The molecule has 0 N–H and O–H groups in total. The number of aliphatic imine (C=N–C) groups is 1. The maximum Gasteiger partial charge on any atom is 0.277 e. The number of ether oxygens (including phenoxy) is 3. The normalized spacial score (nSPS) is 13.9. The maximum atomic E-state index is 12.5. The van der Waals surface area contributed by atoms with Crippen molar-refractivity contribution in [3.63, 3.8) is 0 Å². The molecule has 126 valence electrons. The predicted octanol–water partition coefficient (Wildman–Crippen LogP) is 2.77. The highest BCUT2D eigenvalue weighted by atomic mass is 16.5. The minimum Gasteiger partial charge on any atom is -0.493 e. The Hall–Kier alpha value is -2.89. The third-order valence-electron chi connectivity index (χ3n) is 3.59. The van der Waals surface area contributed by atoms with E-state index in [4.69, 9.17) is 14.2 Å². The average molecular weight is 329 g/mol. The average Bonchev–Trinajstić information content (AvgIpc) is 2.57. The molecule has 0 heterocycles. The SMILES string of the molecule is COc1cc(C(=O)N=C2C=C(C)C(=O)C(C)=C2)cc(OC)c1OC. The standard InChI is InChI=1S/C18H19NO5/c1-10-6-13(7-11(2)16(10)20)19-18(21)12-8-14(22-3)17(24-5)15(9-12)23-4/h6-9H,1-5H3. The lowest BCUT2D eigenvalue weighted by molar-refractivity contribution is -0.112. The summed E-state index contributed by atoms with van der Waals surface area (Å²) in [7, 11) is 4.44. The van der Waals surface area contributed by atoms with Gasteiger partial charge < -0.3 is 14.2 Å². The van der Waals surface area contributed by atoms with Crippen molar-refractivity contribution in [1.82, 2.24) is 0 Å². The molecule has 24 heavy (non-hydrogen) atoms. The second-order valence-corrected chi connectivity index (χ2v) is 5.24. The van der Waals surface area contributed by atoms with Crippen LogP contribution >= 0.6 is 0 Å². The van der Waals surface area contributed by atoms with Crippen LogP contribution in [0.3, 0.4) is 0 Å². The lowest BCUT2D eigenvalue weighted by atomic mass is 9.98. The Morgan fingerprint density at radius 3 is 1.83 bits per heavy atom. The first kappa shape index (κ1) is 17.5. The van der Waals surface area contributed by atoms with Gasteiger partial charge in [-0.15, -0.1) is 0 Å². The molecule has 1 aromatic carbocycles. The van der Waals surface area contributed by atoms with E-state index < -0.39 is 5.91 Å². The molecular weight excluding hydrogens is 310 g/mol. The third-order valence-corrected chi connectivity index (χ3v) is 3.59. The molecule has 2 rings (SSSR count). The van der Waals surface area contributed by atoms with Crippen LogP contribution in [0.4, 0.5) is 0 Å². The van der Waals surface area contributed by atoms with Gasteiger partial charge in [0, 0.05) is 5.56 Å². The summed E-state index contributed by atoms with van der Waals surface area (Å²) in [6.45, 7) is 3.39. The van der Waals surface area contributed by atoms with E-state index in [0.29, 0.717) is 39.7 Å². The van der Waals surface area contributed by atoms with Gasteiger partial charge in [0.25, 0.3) is 5.91 Å². The quantitative estimate of drug-likeness (QED) is 0.794. The number of ketones is 1. The van der Waals surface area contributed by atoms with E-state index in [-0.39, 0.29) is 5.78 Å². The van der Waals surface area contributed by atoms with Gasteiger partial charge in [0.1, 0.15) is 0 Å². The zero-order chi connectivity index (χ0) is 17.9. The summed E-state index contributed by atoms with van der Waals surface area (Å²) in [6, 6.07) is 3.07. The predicted molar refractivity (Wildman–Crippen MR) is 90.4 cm³/mol. The molecule has 1 aromatic rings. The number of rotatable bonds is 4. The summed E-state index contributed by atoms with van der Waals surface area (Å²) < 4.78 is 15.7. The molecule has 0 atom stereocenters. The van der Waals surface area contributed by atoms with Crippen LogP contribution in [0.25, 0.3) is 0 Å². The van der Waals surface area contributed by atoms with Gasteiger partial charge in [0.2, 0.25) is 5.75 Å². The molecule has 0 unspecified atom stereocenters. The molecule has 0 radical (unpaired) electrons. The highest BCUT2D eigenvalue weighted by Gasteiger charge is 2.18. The molecule has 0 aliphatic heterocycles. The van der Waals surface area contributed by atoms with Crippen LogP contribution in [0.5, 0.6) is 17.2 Å². The maximum absolute atomic E-state index is 12.5. The first-order valence-corrected chi connectivity index (χ1v) is 7.25. The highest BCUT2D eigenvalue weighted by molar-refractivity contribution is 6.23. The van der Waals surface area contributed by atoms with Crippen LogP contribution in [-0.4, -0.2) is 38.7 Å². The minimum atomic E-state index is -0.466. The van der Waals surface area contributed by atoms with E-state index in [1.165, 1.54) is 33.5 Å². The Kier molecular flexibility index (Phi) is 5.18. The van der Waals surface area contributed by atoms with Crippen molar-refractivity contribution in [1.29, 1.82) is 0 Å². The Morgan fingerprint density at radius 2 is 1.42 bits per heavy atom. The molecule has 6 heteroatoms. The number of benzene rings is 1. The molecule has 0 bridgehead atoms. The molecule has 1 aliphatic carbocycles. The monoisotopic (exact) mass is 329 g/mol. The van der Waals surface area contributed by atoms with E-state index in [1.807, 2.05) is 0 Å². The van der Waals surface area contributed by atoms with Crippen molar-refractivity contribution < 1.29 is 23.8 Å². The summed E-state index contributed by atoms with van der Waals surface area (Å²) >= 11 is 0. The number of Topliss-reactive ketones (excluding diaryl/α,β-unsaturated/α-hetero) is 1. The zero-order valence-corrected chi connectivity index (χ0v) is 14.3. The van der Waals surface area contributed by atoms with Crippen LogP contribution in [0.2, 0.25) is 0 Å². The first-order valence-electron chi connectivity index (χ1n) is 7.25. The molecule has 0 aromatic heterocycles. The second kappa shape index (κ2) is 7.12. The molecular formula is C18H19NO5. The van der Waals surface area contributed by atoms with Gasteiger partial charge in [-0.05, 0) is 49.3 Å². The number of hydrogen-bond donors (Lipinski definition) is 0. The Balaban J connectivity index is 2.44. The van der Waals surface area contributed by atoms with Crippen molar-refractivity contribution in [2.45, 2.75) is 13.8 Å². The van der Waals surface area contributed by atoms with Gasteiger partial charge in [0.15, 0.2) is 17.3 Å². The van der Waals surface area contributed by atoms with Gasteiger partial charge in [-0.1, -0.05) is 0 Å². The van der Waals surface area contributed by atoms with Crippen LogP contribution in [-0.2, 0) is 4.79 Å². The van der Waals surface area contributed by atoms with Crippen LogP contribution in [0.15, 0.2) is 40.4 Å². The number of carbonyl (C=O) groups excluding carboxylic acids is 2. The number of methoxy groups -OCH3 is 3. The molecule has 6 nitrogen and oxygen atoms in total. The Bertz CT molecular complexity index is 738. The first-order chi connectivity index (χ1) is 11.4. The molecule has 0 saturated heterocycles. The third kappa shape index (κ3) is 3.37. The summed E-state index contributed by atoms with van der Waals surface area (Å²) in [4.78, 5) is 28.3. The fourth-order valence-electron chi connectivity index (χ4n) is 2.38. The molecule has 0 spiro atoms. The van der Waals surface area contributed by atoms with Gasteiger partial charge in [-0.3, -0.25) is 9.59 Å². The minimum absolute atomic E-state index is 0.0471. The summed E-state index contributed by atoms with van der Waals surface area (Å²) in [5.74, 6) is 0.634. The number of nitrogens with zero attached hydrogens (tertiary/aromatic N) is 1. The number of amides is 1. The highest BCUT2D eigenvalue weighted by Crippen LogP contribution is 2.38. The van der Waals surface area contributed by atoms with Crippen LogP contribution < -0.4 is 14.2 Å². The van der Waals surface area contributed by atoms with E-state index in [2.05, 4.69) is 4.99 Å². The fourth-order valence-corrected chi connectivity index (χ4v) is 2.38. The summed E-state index contributed by atoms with van der Waals surface area (Å²) in [5, 5.41) is 0. The van der Waals surface area contributed by atoms with E-state index >= 15 is 0 Å². The van der Waals surface area contributed by atoms with Crippen molar-refractivity contribution in [3.8, 4) is 17.2 Å². The van der Waals surface area contributed by atoms with Crippen molar-refractivity contribution in [2.75, 3.05) is 21.3 Å². The van der Waals surface area contributed by atoms with E-state index in [1.54, 1.807) is 26.0 Å². The Labute approximate surface area is 140 Å². The van der Waals surface area contributed by atoms with Gasteiger partial charge in [0.05, 0.1) is 27.0 Å². The van der Waals surface area contributed by atoms with Crippen LogP contribution in [0.1, 0.15) is 24.2 Å². The van der Waals surface area contributed by atoms with Gasteiger partial charge in [-0.25, -0.2) is 4.99 Å².